The quantitative estimate of drug-likeness (QED) is 0.788. The Morgan fingerprint density at radius 3 is 2.85 bits per heavy atom. The van der Waals surface area contributed by atoms with Crippen LogP contribution in [0.1, 0.15) is 15.9 Å². The first kappa shape index (κ1) is 13.9. The van der Waals surface area contributed by atoms with Gasteiger partial charge in [-0.2, -0.15) is 0 Å². The maximum Gasteiger partial charge on any atom is 0.250 e. The molecule has 0 aliphatic heterocycles. The zero-order chi connectivity index (χ0) is 14.4. The van der Waals surface area contributed by atoms with Crippen LogP contribution in [0.2, 0.25) is 0 Å². The predicted molar refractivity (Wildman–Crippen MR) is 77.9 cm³/mol. The molecule has 0 radical (unpaired) electrons. The number of benzene rings is 1. The zero-order valence-electron chi connectivity index (χ0n) is 11.3. The number of rotatable bonds is 6. The molecule has 104 valence electrons. The van der Waals surface area contributed by atoms with Crippen LogP contribution < -0.4 is 15.8 Å². The summed E-state index contributed by atoms with van der Waals surface area (Å²) in [5.74, 6) is 1.05. The number of nitrogens with two attached hydrogens (primary N) is 1. The van der Waals surface area contributed by atoms with Gasteiger partial charge in [-0.3, -0.25) is 4.79 Å². The maximum atomic E-state index is 10.9. The Labute approximate surface area is 117 Å². The molecule has 3 N–H and O–H groups in total. The number of hydrogen-bond donors (Lipinski definition) is 2. The lowest BCUT2D eigenvalue weighted by Crippen LogP contribution is -2.14. The van der Waals surface area contributed by atoms with Crippen molar-refractivity contribution in [3.63, 3.8) is 0 Å². The molecule has 0 aliphatic carbocycles. The normalized spacial score (nSPS) is 10.1. The number of carbonyl (C=O) groups excluding carboxylic acids is 1. The van der Waals surface area contributed by atoms with Gasteiger partial charge in [0.25, 0.3) is 0 Å². The fraction of sp³-hybridized carbons (Fsp3) is 0.200. The van der Waals surface area contributed by atoms with Gasteiger partial charge in [0.15, 0.2) is 0 Å². The summed E-state index contributed by atoms with van der Waals surface area (Å²) >= 11 is 0. The third-order valence-electron chi connectivity index (χ3n) is 2.71. The summed E-state index contributed by atoms with van der Waals surface area (Å²) in [5.41, 5.74) is 6.70. The van der Waals surface area contributed by atoms with E-state index in [1.54, 1.807) is 12.1 Å². The summed E-state index contributed by atoms with van der Waals surface area (Å²) in [7, 11) is 0. The van der Waals surface area contributed by atoms with E-state index >= 15 is 0 Å². The third kappa shape index (κ3) is 3.98. The second-order valence-corrected chi connectivity index (χ2v) is 4.39. The van der Waals surface area contributed by atoms with Gasteiger partial charge in [0.2, 0.25) is 5.91 Å². The molecule has 0 saturated heterocycles. The number of pyridine rings is 1. The van der Waals surface area contributed by atoms with E-state index in [1.807, 2.05) is 31.2 Å². The highest BCUT2D eigenvalue weighted by Crippen LogP contribution is 2.12. The van der Waals surface area contributed by atoms with Crippen LogP contribution in [0.4, 0.5) is 5.82 Å². The smallest absolute Gasteiger partial charge is 0.250 e. The second kappa shape index (κ2) is 6.56. The van der Waals surface area contributed by atoms with Crippen LogP contribution in [0.25, 0.3) is 0 Å². The highest BCUT2D eigenvalue weighted by Gasteiger charge is 2.00. The molecular formula is C15H17N3O2. The van der Waals surface area contributed by atoms with Gasteiger partial charge in [0.05, 0.1) is 12.1 Å². The van der Waals surface area contributed by atoms with Crippen LogP contribution in [0, 0.1) is 6.92 Å². The van der Waals surface area contributed by atoms with Gasteiger partial charge in [0.1, 0.15) is 18.2 Å². The number of carbonyl (C=O) groups is 1. The monoisotopic (exact) mass is 271 g/mol. The van der Waals surface area contributed by atoms with Crippen molar-refractivity contribution in [1.29, 1.82) is 0 Å². The van der Waals surface area contributed by atoms with E-state index < -0.39 is 5.91 Å². The maximum absolute atomic E-state index is 10.9. The molecule has 2 rings (SSSR count). The van der Waals surface area contributed by atoms with E-state index in [-0.39, 0.29) is 0 Å². The lowest BCUT2D eigenvalue weighted by atomic mass is 10.2. The number of amides is 1. The van der Waals surface area contributed by atoms with E-state index in [1.165, 1.54) is 11.8 Å². The minimum absolute atomic E-state index is 0.395. The first-order valence-electron chi connectivity index (χ1n) is 6.34. The number of nitrogens with one attached hydrogen (secondary N) is 1. The molecule has 0 saturated carbocycles. The number of ether oxygens (including phenoxy) is 1. The van der Waals surface area contributed by atoms with Crippen LogP contribution in [-0.4, -0.2) is 24.0 Å². The van der Waals surface area contributed by atoms with Gasteiger partial charge in [-0.1, -0.05) is 12.1 Å². The minimum Gasteiger partial charge on any atom is -0.492 e. The van der Waals surface area contributed by atoms with E-state index in [0.717, 1.165) is 5.75 Å². The van der Waals surface area contributed by atoms with Gasteiger partial charge in [-0.05, 0) is 36.8 Å². The third-order valence-corrected chi connectivity index (χ3v) is 2.71. The van der Waals surface area contributed by atoms with Crippen molar-refractivity contribution in [3.8, 4) is 5.75 Å². The predicted octanol–water partition coefficient (Wildman–Crippen LogP) is 1.98. The molecule has 5 nitrogen and oxygen atoms in total. The summed E-state index contributed by atoms with van der Waals surface area (Å²) < 4.78 is 5.61. The van der Waals surface area contributed by atoms with E-state index in [4.69, 9.17) is 10.5 Å². The summed E-state index contributed by atoms with van der Waals surface area (Å²) in [6.45, 7) is 3.18. The number of nitrogens with zero attached hydrogens (tertiary/aromatic N) is 1. The Kier molecular flexibility index (Phi) is 4.55. The molecule has 1 amide bonds. The largest absolute Gasteiger partial charge is 0.492 e. The summed E-state index contributed by atoms with van der Waals surface area (Å²) in [4.78, 5) is 15.0. The van der Waals surface area contributed by atoms with E-state index in [0.29, 0.717) is 24.5 Å². The Balaban J connectivity index is 1.77. The number of hydrogen-bond acceptors (Lipinski definition) is 4. The van der Waals surface area contributed by atoms with Gasteiger partial charge in [-0.25, -0.2) is 4.98 Å². The molecule has 0 unspecified atom stereocenters. The Morgan fingerprint density at radius 1 is 1.35 bits per heavy atom. The molecule has 0 atom stereocenters. The van der Waals surface area contributed by atoms with Crippen molar-refractivity contribution >= 4 is 11.7 Å². The van der Waals surface area contributed by atoms with Gasteiger partial charge in [-0.15, -0.1) is 0 Å². The molecule has 5 heteroatoms. The summed E-state index contributed by atoms with van der Waals surface area (Å²) in [6.07, 6.45) is 1.45. The standard InChI is InChI=1S/C15H17N3O2/c1-11-3-2-4-13(9-11)20-8-7-17-14-6-5-12(10-18-14)15(16)19/h2-6,9-10H,7-8H2,1H3,(H2,16,19)(H,17,18). The summed E-state index contributed by atoms with van der Waals surface area (Å²) in [6, 6.07) is 11.2. The van der Waals surface area contributed by atoms with Crippen LogP contribution in [0.3, 0.4) is 0 Å². The SMILES string of the molecule is Cc1cccc(OCCNc2ccc(C(N)=O)cn2)c1. The first-order chi connectivity index (χ1) is 9.65. The van der Waals surface area contributed by atoms with Crippen molar-refractivity contribution in [2.75, 3.05) is 18.5 Å². The van der Waals surface area contributed by atoms with Crippen LogP contribution in [0.5, 0.6) is 5.75 Å². The van der Waals surface area contributed by atoms with Crippen LogP contribution >= 0.6 is 0 Å². The average molecular weight is 271 g/mol. The van der Waals surface area contributed by atoms with Crippen molar-refractivity contribution in [2.45, 2.75) is 6.92 Å². The topological polar surface area (TPSA) is 77.2 Å². The fourth-order valence-corrected chi connectivity index (χ4v) is 1.70. The molecule has 0 spiro atoms. The van der Waals surface area contributed by atoms with E-state index in [9.17, 15) is 4.79 Å². The number of aromatic nitrogens is 1. The van der Waals surface area contributed by atoms with E-state index in [2.05, 4.69) is 10.3 Å². The molecule has 0 fully saturated rings. The highest BCUT2D eigenvalue weighted by atomic mass is 16.5. The average Bonchev–Trinajstić information content (AvgIpc) is 2.44. The second-order valence-electron chi connectivity index (χ2n) is 4.39. The van der Waals surface area contributed by atoms with Crippen molar-refractivity contribution in [2.24, 2.45) is 5.73 Å². The van der Waals surface area contributed by atoms with Gasteiger partial charge < -0.3 is 15.8 Å². The number of primary amides is 1. The Morgan fingerprint density at radius 2 is 2.20 bits per heavy atom. The number of anilines is 1. The zero-order valence-corrected chi connectivity index (χ0v) is 11.3. The van der Waals surface area contributed by atoms with Gasteiger partial charge >= 0.3 is 0 Å². The Hall–Kier alpha value is -2.56. The minimum atomic E-state index is -0.480. The molecule has 1 aromatic carbocycles. The van der Waals surface area contributed by atoms with Crippen molar-refractivity contribution in [3.05, 3.63) is 53.7 Å². The lowest BCUT2D eigenvalue weighted by Gasteiger charge is -2.08. The first-order valence-corrected chi connectivity index (χ1v) is 6.34. The van der Waals surface area contributed by atoms with Crippen LogP contribution in [-0.2, 0) is 0 Å². The molecular weight excluding hydrogens is 254 g/mol. The molecule has 1 aromatic heterocycles. The molecule has 0 aliphatic rings. The summed E-state index contributed by atoms with van der Waals surface area (Å²) in [5, 5.41) is 3.11. The lowest BCUT2D eigenvalue weighted by molar-refractivity contribution is 0.1000. The van der Waals surface area contributed by atoms with Crippen LogP contribution in [0.15, 0.2) is 42.6 Å². The molecule has 20 heavy (non-hydrogen) atoms. The molecule has 0 bridgehead atoms. The van der Waals surface area contributed by atoms with Crippen molar-refractivity contribution < 1.29 is 9.53 Å². The van der Waals surface area contributed by atoms with Gasteiger partial charge in [0, 0.05) is 6.20 Å². The van der Waals surface area contributed by atoms with Crippen molar-refractivity contribution in [1.82, 2.24) is 4.98 Å². The Bertz CT molecular complexity index is 582. The molecule has 1 heterocycles. The molecule has 2 aromatic rings. The fourth-order valence-electron chi connectivity index (χ4n) is 1.70. The number of aryl methyl sites for hydroxylation is 1. The highest BCUT2D eigenvalue weighted by molar-refractivity contribution is 5.92.